The van der Waals surface area contributed by atoms with E-state index in [1.54, 1.807) is 0 Å². The van der Waals surface area contributed by atoms with Crippen LogP contribution in [0.5, 0.6) is 0 Å². The molecule has 16 heavy (non-hydrogen) atoms. The van der Waals surface area contributed by atoms with E-state index in [9.17, 15) is 0 Å². The summed E-state index contributed by atoms with van der Waals surface area (Å²) in [6.45, 7) is 8.77. The minimum absolute atomic E-state index is 0.198. The molecule has 0 aromatic heterocycles. The van der Waals surface area contributed by atoms with E-state index in [2.05, 4.69) is 30.5 Å². The minimum Gasteiger partial charge on any atom is -0.395 e. The average molecular weight is 219 g/mol. The molecule has 0 spiro atoms. The molecule has 0 unspecified atom stereocenters. The highest BCUT2D eigenvalue weighted by Gasteiger charge is 2.06. The summed E-state index contributed by atoms with van der Waals surface area (Å²) in [5, 5.41) is 9.03. The Morgan fingerprint density at radius 3 is 2.56 bits per heavy atom. The summed E-state index contributed by atoms with van der Waals surface area (Å²) >= 11 is 0. The highest BCUT2D eigenvalue weighted by Crippen LogP contribution is 2.07. The lowest BCUT2D eigenvalue weighted by Crippen LogP contribution is -2.28. The van der Waals surface area contributed by atoms with Gasteiger partial charge in [0.25, 0.3) is 0 Å². The third-order valence-electron chi connectivity index (χ3n) is 2.61. The van der Waals surface area contributed by atoms with Crippen LogP contribution in [-0.2, 0) is 6.54 Å². The molecule has 0 radical (unpaired) electrons. The Morgan fingerprint density at radius 2 is 2.00 bits per heavy atom. The van der Waals surface area contributed by atoms with Crippen molar-refractivity contribution in [1.29, 1.82) is 0 Å². The molecule has 0 aliphatic carbocycles. The maximum atomic E-state index is 9.03. The van der Waals surface area contributed by atoms with E-state index >= 15 is 0 Å². The fourth-order valence-corrected chi connectivity index (χ4v) is 1.63. The van der Waals surface area contributed by atoms with Crippen molar-refractivity contribution in [1.82, 2.24) is 4.90 Å². The van der Waals surface area contributed by atoms with E-state index in [1.807, 2.05) is 18.2 Å². The fourth-order valence-electron chi connectivity index (χ4n) is 1.63. The molecular formula is C14H21NO. The second kappa shape index (κ2) is 7.20. The second-order valence-corrected chi connectivity index (χ2v) is 4.02. The number of aliphatic hydroxyl groups excluding tert-OH is 1. The largest absolute Gasteiger partial charge is 0.395 e. The maximum absolute atomic E-state index is 9.03. The van der Waals surface area contributed by atoms with Crippen LogP contribution in [0.15, 0.2) is 42.5 Å². The topological polar surface area (TPSA) is 23.5 Å². The molecule has 0 fully saturated rings. The minimum atomic E-state index is 0.198. The van der Waals surface area contributed by atoms with E-state index in [-0.39, 0.29) is 6.61 Å². The molecule has 0 saturated carbocycles. The lowest BCUT2D eigenvalue weighted by atomic mass is 10.2. The molecule has 1 aromatic rings. The van der Waals surface area contributed by atoms with Gasteiger partial charge in [0.1, 0.15) is 0 Å². The molecule has 1 N–H and O–H groups in total. The van der Waals surface area contributed by atoms with Gasteiger partial charge in [0.15, 0.2) is 0 Å². The van der Waals surface area contributed by atoms with Crippen LogP contribution in [0, 0.1) is 0 Å². The van der Waals surface area contributed by atoms with E-state index in [4.69, 9.17) is 5.11 Å². The summed E-state index contributed by atoms with van der Waals surface area (Å²) in [5.74, 6) is 0. The first-order chi connectivity index (χ1) is 7.76. The van der Waals surface area contributed by atoms with Gasteiger partial charge in [-0.3, -0.25) is 4.90 Å². The van der Waals surface area contributed by atoms with Crippen LogP contribution in [0.25, 0.3) is 0 Å². The molecule has 2 heteroatoms. The number of rotatable bonds is 7. The van der Waals surface area contributed by atoms with Crippen LogP contribution < -0.4 is 0 Å². The zero-order valence-corrected chi connectivity index (χ0v) is 10.0. The van der Waals surface area contributed by atoms with Gasteiger partial charge in [0, 0.05) is 19.6 Å². The summed E-state index contributed by atoms with van der Waals surface area (Å²) in [6.07, 6.45) is 0.997. The molecule has 0 atom stereocenters. The quantitative estimate of drug-likeness (QED) is 0.712. The van der Waals surface area contributed by atoms with Crippen LogP contribution in [0.2, 0.25) is 0 Å². The zero-order valence-electron chi connectivity index (χ0n) is 10.0. The van der Waals surface area contributed by atoms with E-state index in [0.717, 1.165) is 19.5 Å². The summed E-state index contributed by atoms with van der Waals surface area (Å²) < 4.78 is 0. The number of nitrogens with zero attached hydrogens (tertiary/aromatic N) is 1. The zero-order chi connectivity index (χ0) is 11.8. The van der Waals surface area contributed by atoms with Crippen molar-refractivity contribution >= 4 is 0 Å². The average Bonchev–Trinajstić information content (AvgIpc) is 2.30. The van der Waals surface area contributed by atoms with Gasteiger partial charge in [0.2, 0.25) is 0 Å². The number of aliphatic hydroxyl groups is 1. The van der Waals surface area contributed by atoms with Gasteiger partial charge in [-0.2, -0.15) is 0 Å². The molecule has 1 rings (SSSR count). The Balaban J connectivity index is 2.54. The second-order valence-electron chi connectivity index (χ2n) is 4.02. The fraction of sp³-hybridized carbons (Fsp3) is 0.429. The molecule has 2 nitrogen and oxygen atoms in total. The number of hydrogen-bond donors (Lipinski definition) is 1. The van der Waals surface area contributed by atoms with Crippen molar-refractivity contribution in [2.45, 2.75) is 19.9 Å². The third-order valence-corrected chi connectivity index (χ3v) is 2.61. The molecule has 88 valence electrons. The Labute approximate surface area is 98.2 Å². The van der Waals surface area contributed by atoms with Gasteiger partial charge < -0.3 is 5.11 Å². The van der Waals surface area contributed by atoms with Gasteiger partial charge in [-0.1, -0.05) is 49.4 Å². The van der Waals surface area contributed by atoms with E-state index in [0.29, 0.717) is 6.54 Å². The molecular weight excluding hydrogens is 198 g/mol. The van der Waals surface area contributed by atoms with Crippen molar-refractivity contribution in [3.05, 3.63) is 48.0 Å². The van der Waals surface area contributed by atoms with Crippen LogP contribution in [0.4, 0.5) is 0 Å². The summed E-state index contributed by atoms with van der Waals surface area (Å²) in [5.41, 5.74) is 2.49. The van der Waals surface area contributed by atoms with Crippen molar-refractivity contribution in [3.8, 4) is 0 Å². The molecule has 0 bridgehead atoms. The maximum Gasteiger partial charge on any atom is 0.0558 e. The first-order valence-electron chi connectivity index (χ1n) is 5.80. The highest BCUT2D eigenvalue weighted by atomic mass is 16.3. The molecule has 0 saturated heterocycles. The van der Waals surface area contributed by atoms with Gasteiger partial charge in [-0.25, -0.2) is 0 Å². The van der Waals surface area contributed by atoms with Gasteiger partial charge >= 0.3 is 0 Å². The first kappa shape index (κ1) is 12.9. The summed E-state index contributed by atoms with van der Waals surface area (Å²) in [7, 11) is 0. The molecule has 0 aliphatic heterocycles. The molecule has 0 aliphatic rings. The summed E-state index contributed by atoms with van der Waals surface area (Å²) in [6, 6.07) is 10.3. The Morgan fingerprint density at radius 1 is 1.31 bits per heavy atom. The monoisotopic (exact) mass is 219 g/mol. The van der Waals surface area contributed by atoms with Crippen molar-refractivity contribution in [2.24, 2.45) is 0 Å². The van der Waals surface area contributed by atoms with Crippen molar-refractivity contribution in [2.75, 3.05) is 19.7 Å². The third kappa shape index (κ3) is 4.60. The Hall–Kier alpha value is -1.12. The van der Waals surface area contributed by atoms with Crippen LogP contribution in [0.1, 0.15) is 18.9 Å². The predicted molar refractivity (Wildman–Crippen MR) is 68.2 cm³/mol. The van der Waals surface area contributed by atoms with Crippen molar-refractivity contribution in [3.63, 3.8) is 0 Å². The van der Waals surface area contributed by atoms with Crippen LogP contribution in [0.3, 0.4) is 0 Å². The molecule has 1 aromatic carbocycles. The van der Waals surface area contributed by atoms with E-state index < -0.39 is 0 Å². The number of benzene rings is 1. The lowest BCUT2D eigenvalue weighted by molar-refractivity contribution is 0.200. The SMILES string of the molecule is C=C(CC)CN(CCO)Cc1ccccc1. The molecule has 0 heterocycles. The van der Waals surface area contributed by atoms with Crippen molar-refractivity contribution < 1.29 is 5.11 Å². The Kier molecular flexibility index (Phi) is 5.83. The normalized spacial score (nSPS) is 10.7. The van der Waals surface area contributed by atoms with Crippen LogP contribution in [-0.4, -0.2) is 29.7 Å². The smallest absolute Gasteiger partial charge is 0.0558 e. The highest BCUT2D eigenvalue weighted by molar-refractivity contribution is 5.14. The summed E-state index contributed by atoms with van der Waals surface area (Å²) in [4.78, 5) is 2.22. The Bertz CT molecular complexity index is 308. The first-order valence-corrected chi connectivity index (χ1v) is 5.80. The predicted octanol–water partition coefficient (Wildman–Crippen LogP) is 2.45. The van der Waals surface area contributed by atoms with Gasteiger partial charge in [-0.05, 0) is 12.0 Å². The molecule has 0 amide bonds. The van der Waals surface area contributed by atoms with E-state index in [1.165, 1.54) is 11.1 Å². The van der Waals surface area contributed by atoms with Crippen LogP contribution >= 0.6 is 0 Å². The number of hydrogen-bond acceptors (Lipinski definition) is 2. The van der Waals surface area contributed by atoms with Gasteiger partial charge in [-0.15, -0.1) is 0 Å². The van der Waals surface area contributed by atoms with Gasteiger partial charge in [0.05, 0.1) is 6.61 Å². The standard InChI is InChI=1S/C14H21NO/c1-3-13(2)11-15(9-10-16)12-14-7-5-4-6-8-14/h4-8,16H,2-3,9-12H2,1H3. The lowest BCUT2D eigenvalue weighted by Gasteiger charge is -2.22.